The Morgan fingerprint density at radius 2 is 2.38 bits per heavy atom. The van der Waals surface area contributed by atoms with Crippen LogP contribution in [-0.2, 0) is 0 Å². The number of nitrogens with zero attached hydrogens (tertiary/aromatic N) is 1. The van der Waals surface area contributed by atoms with E-state index >= 15 is 0 Å². The largest absolute Gasteiger partial charge is 0.369 e. The van der Waals surface area contributed by atoms with Crippen LogP contribution in [0.5, 0.6) is 0 Å². The van der Waals surface area contributed by atoms with Gasteiger partial charge in [-0.25, -0.2) is 0 Å². The van der Waals surface area contributed by atoms with Gasteiger partial charge in [-0.05, 0) is 6.92 Å². The molecule has 0 aliphatic rings. The van der Waals surface area contributed by atoms with Gasteiger partial charge >= 0.3 is 0 Å². The molecule has 8 heavy (non-hydrogen) atoms. The van der Waals surface area contributed by atoms with Crippen LogP contribution in [-0.4, -0.2) is 23.1 Å². The molecule has 0 aliphatic carbocycles. The van der Waals surface area contributed by atoms with Gasteiger partial charge in [0.25, 0.3) is 0 Å². The van der Waals surface area contributed by atoms with E-state index in [4.69, 9.17) is 11.1 Å². The number of nitrogens with two attached hydrogens (primary N) is 1. The summed E-state index contributed by atoms with van der Waals surface area (Å²) in [5.74, 6) is 0.125. The lowest BCUT2D eigenvalue weighted by molar-refractivity contribution is 0.702. The molecule has 3 N–H and O–H groups in total. The summed E-state index contributed by atoms with van der Waals surface area (Å²) in [6.45, 7) is 2.74. The minimum atomic E-state index is 0.125. The molecule has 48 valence electrons. The fourth-order valence-corrected chi connectivity index (χ4v) is 0.853. The zero-order valence-corrected chi connectivity index (χ0v) is 5.96. The smallest absolute Gasteiger partial charge is 0.198 e. The van der Waals surface area contributed by atoms with Crippen LogP contribution in [0.25, 0.3) is 0 Å². The molecule has 0 saturated carbocycles. The van der Waals surface area contributed by atoms with Crippen LogP contribution in [0.15, 0.2) is 0 Å². The van der Waals surface area contributed by atoms with E-state index in [9.17, 15) is 0 Å². The van der Waals surface area contributed by atoms with Gasteiger partial charge in [-0.15, -0.1) is 0 Å². The van der Waals surface area contributed by atoms with Gasteiger partial charge in [0.2, 0.25) is 0 Å². The van der Waals surface area contributed by atoms with Gasteiger partial charge in [-0.1, -0.05) is 11.9 Å². The number of guanidine groups is 1. The summed E-state index contributed by atoms with van der Waals surface area (Å²) in [6.07, 6.45) is 1.89. The van der Waals surface area contributed by atoms with Crippen molar-refractivity contribution >= 4 is 17.9 Å². The molecule has 0 aromatic rings. The van der Waals surface area contributed by atoms with Gasteiger partial charge in [0.05, 0.1) is 0 Å². The number of rotatable bonds is 2. The third-order valence-corrected chi connectivity index (χ3v) is 1.67. The molecular formula is C4H11N3S. The second-order valence-electron chi connectivity index (χ2n) is 1.26. The second-order valence-corrected chi connectivity index (χ2v) is 2.07. The number of hydrogen-bond acceptors (Lipinski definition) is 2. The van der Waals surface area contributed by atoms with Crippen molar-refractivity contribution in [3.8, 4) is 0 Å². The zero-order valence-electron chi connectivity index (χ0n) is 5.14. The lowest BCUT2D eigenvalue weighted by Crippen LogP contribution is -2.29. The minimum Gasteiger partial charge on any atom is -0.369 e. The molecule has 0 rings (SSSR count). The lowest BCUT2D eigenvalue weighted by Gasteiger charge is -2.15. The highest BCUT2D eigenvalue weighted by Crippen LogP contribution is 2.00. The fourth-order valence-electron chi connectivity index (χ4n) is 0.398. The van der Waals surface area contributed by atoms with Crippen molar-refractivity contribution < 1.29 is 0 Å². The maximum atomic E-state index is 6.93. The van der Waals surface area contributed by atoms with Crippen LogP contribution in [0.1, 0.15) is 6.92 Å². The zero-order chi connectivity index (χ0) is 6.57. The van der Waals surface area contributed by atoms with Gasteiger partial charge < -0.3 is 5.73 Å². The van der Waals surface area contributed by atoms with Crippen molar-refractivity contribution in [2.75, 3.05) is 12.8 Å². The quantitative estimate of drug-likeness (QED) is 0.327. The molecule has 0 aromatic carbocycles. The molecule has 0 heterocycles. The molecule has 0 atom stereocenters. The summed E-state index contributed by atoms with van der Waals surface area (Å²) in [5, 5.41) is 6.93. The Morgan fingerprint density at radius 1 is 1.88 bits per heavy atom. The van der Waals surface area contributed by atoms with E-state index in [0.29, 0.717) is 0 Å². The van der Waals surface area contributed by atoms with Crippen molar-refractivity contribution in [2.24, 2.45) is 5.73 Å². The van der Waals surface area contributed by atoms with Crippen molar-refractivity contribution in [3.05, 3.63) is 0 Å². The van der Waals surface area contributed by atoms with E-state index < -0.39 is 0 Å². The van der Waals surface area contributed by atoms with Gasteiger partial charge in [-0.3, -0.25) is 9.71 Å². The van der Waals surface area contributed by atoms with Gasteiger partial charge in [0, 0.05) is 12.8 Å². The number of hydrogen-bond donors (Lipinski definition) is 2. The SMILES string of the molecule is CCN(SC)C(=N)N. The predicted molar refractivity (Wildman–Crippen MR) is 37.8 cm³/mol. The summed E-state index contributed by atoms with van der Waals surface area (Å²) in [5.41, 5.74) is 5.15. The molecule has 0 bridgehead atoms. The molecule has 0 radical (unpaired) electrons. The monoisotopic (exact) mass is 133 g/mol. The Balaban J connectivity index is 3.52. The van der Waals surface area contributed by atoms with Crippen LogP contribution in [0, 0.1) is 5.41 Å². The third kappa shape index (κ3) is 2.07. The highest BCUT2D eigenvalue weighted by atomic mass is 32.2. The second kappa shape index (κ2) is 3.60. The Kier molecular flexibility index (Phi) is 3.43. The van der Waals surface area contributed by atoms with Crippen LogP contribution in [0.3, 0.4) is 0 Å². The summed E-state index contributed by atoms with van der Waals surface area (Å²) in [4.78, 5) is 0. The first-order chi connectivity index (χ1) is 3.72. The van der Waals surface area contributed by atoms with Crippen molar-refractivity contribution in [2.45, 2.75) is 6.92 Å². The Labute approximate surface area is 53.9 Å². The van der Waals surface area contributed by atoms with E-state index in [0.717, 1.165) is 6.54 Å². The van der Waals surface area contributed by atoms with Crippen molar-refractivity contribution in [1.82, 2.24) is 4.31 Å². The van der Waals surface area contributed by atoms with E-state index in [1.54, 1.807) is 4.31 Å². The summed E-state index contributed by atoms with van der Waals surface area (Å²) < 4.78 is 1.69. The van der Waals surface area contributed by atoms with Gasteiger partial charge in [-0.2, -0.15) is 0 Å². The highest BCUT2D eigenvalue weighted by Gasteiger charge is 1.97. The first-order valence-electron chi connectivity index (χ1n) is 2.38. The Hall–Kier alpha value is -0.380. The van der Waals surface area contributed by atoms with E-state index in [1.807, 2.05) is 13.2 Å². The lowest BCUT2D eigenvalue weighted by atomic mass is 10.7. The van der Waals surface area contributed by atoms with Gasteiger partial charge in [0.15, 0.2) is 5.96 Å². The molecule has 0 aliphatic heterocycles. The average Bonchev–Trinajstić information content (AvgIpc) is 1.69. The third-order valence-electron chi connectivity index (χ3n) is 0.776. The molecule has 0 spiro atoms. The number of nitrogens with one attached hydrogen (secondary N) is 1. The van der Waals surface area contributed by atoms with Crippen molar-refractivity contribution in [1.29, 1.82) is 5.41 Å². The van der Waals surface area contributed by atoms with E-state index in [-0.39, 0.29) is 5.96 Å². The normalized spacial score (nSPS) is 8.75. The molecule has 4 heteroatoms. The fraction of sp³-hybridized carbons (Fsp3) is 0.750. The molecule has 0 fully saturated rings. The standard InChI is InChI=1S/C4H11N3S/c1-3-7(8-2)4(5)6/h3H2,1-2H3,(H3,5,6). The Morgan fingerprint density at radius 3 is 2.38 bits per heavy atom. The maximum Gasteiger partial charge on any atom is 0.198 e. The van der Waals surface area contributed by atoms with Crippen LogP contribution < -0.4 is 5.73 Å². The van der Waals surface area contributed by atoms with Crippen LogP contribution in [0.4, 0.5) is 0 Å². The highest BCUT2D eigenvalue weighted by molar-refractivity contribution is 7.96. The summed E-state index contributed by atoms with van der Waals surface area (Å²) in [7, 11) is 0. The van der Waals surface area contributed by atoms with E-state index in [1.165, 1.54) is 11.9 Å². The first-order valence-corrected chi connectivity index (χ1v) is 3.56. The maximum absolute atomic E-state index is 6.93. The molecular weight excluding hydrogens is 122 g/mol. The first kappa shape index (κ1) is 7.62. The van der Waals surface area contributed by atoms with Crippen LogP contribution in [0.2, 0.25) is 0 Å². The summed E-state index contributed by atoms with van der Waals surface area (Å²) >= 11 is 1.46. The molecule has 0 amide bonds. The topological polar surface area (TPSA) is 53.1 Å². The van der Waals surface area contributed by atoms with Crippen LogP contribution >= 0.6 is 11.9 Å². The summed E-state index contributed by atoms with van der Waals surface area (Å²) in [6, 6.07) is 0. The average molecular weight is 133 g/mol. The molecule has 0 unspecified atom stereocenters. The van der Waals surface area contributed by atoms with E-state index in [2.05, 4.69) is 0 Å². The Bertz CT molecular complexity index is 79.4. The van der Waals surface area contributed by atoms with Crippen molar-refractivity contribution in [3.63, 3.8) is 0 Å². The molecule has 0 saturated heterocycles. The molecule has 0 aromatic heterocycles. The minimum absolute atomic E-state index is 0.125. The van der Waals surface area contributed by atoms with Gasteiger partial charge in [0.1, 0.15) is 0 Å². The molecule has 3 nitrogen and oxygen atoms in total. The predicted octanol–water partition coefficient (Wildman–Crippen LogP) is 0.480.